The summed E-state index contributed by atoms with van der Waals surface area (Å²) in [5.74, 6) is -1.42. The Balaban J connectivity index is 1.93. The number of pyridine rings is 1. The average Bonchev–Trinajstić information content (AvgIpc) is 3.01. The minimum absolute atomic E-state index is 0.177. The average molecular weight is 403 g/mol. The fourth-order valence-corrected chi connectivity index (χ4v) is 2.95. The molecule has 0 aliphatic carbocycles. The van der Waals surface area contributed by atoms with Gasteiger partial charge in [0.25, 0.3) is 5.91 Å². The predicted octanol–water partition coefficient (Wildman–Crippen LogP) is 1.82. The molecule has 3 rings (SSSR count). The van der Waals surface area contributed by atoms with E-state index in [9.17, 15) is 13.6 Å². The summed E-state index contributed by atoms with van der Waals surface area (Å²) in [5, 5.41) is 2.74. The molecule has 0 saturated heterocycles. The van der Waals surface area contributed by atoms with Crippen LogP contribution in [0.4, 0.5) is 8.78 Å². The number of ether oxygens (including phenoxy) is 1. The van der Waals surface area contributed by atoms with Gasteiger partial charge in [-0.25, -0.2) is 13.8 Å². The number of carbonyl (C=O) groups is 1. The quantitative estimate of drug-likeness (QED) is 0.558. The van der Waals surface area contributed by atoms with E-state index in [-0.39, 0.29) is 37.2 Å². The number of aromatic nitrogens is 2. The number of carbonyl (C=O) groups excluding carboxylic acids is 1. The molecule has 0 bridgehead atoms. The molecule has 29 heavy (non-hydrogen) atoms. The number of nitrogens with two attached hydrogens (primary N) is 2. The molecule has 2 heterocycles. The summed E-state index contributed by atoms with van der Waals surface area (Å²) in [6, 6.07) is 4.98. The second kappa shape index (κ2) is 8.54. The zero-order valence-corrected chi connectivity index (χ0v) is 16.2. The molecule has 3 aromatic rings. The van der Waals surface area contributed by atoms with Crippen LogP contribution in [0.25, 0.3) is 5.65 Å². The summed E-state index contributed by atoms with van der Waals surface area (Å²) >= 11 is 0. The van der Waals surface area contributed by atoms with E-state index in [1.807, 2.05) is 6.92 Å². The van der Waals surface area contributed by atoms with E-state index in [2.05, 4.69) is 10.3 Å². The molecule has 0 spiro atoms. The number of fused-ring (bicyclic) bond motifs is 1. The van der Waals surface area contributed by atoms with Crippen molar-refractivity contribution in [1.82, 2.24) is 14.7 Å². The first-order valence-corrected chi connectivity index (χ1v) is 9.10. The van der Waals surface area contributed by atoms with Crippen LogP contribution in [0.3, 0.4) is 0 Å². The normalized spacial score (nSPS) is 12.2. The van der Waals surface area contributed by atoms with Crippen LogP contribution in [0.5, 0.6) is 5.75 Å². The Morgan fingerprint density at radius 2 is 2.00 bits per heavy atom. The van der Waals surface area contributed by atoms with Gasteiger partial charge in [0, 0.05) is 25.3 Å². The summed E-state index contributed by atoms with van der Waals surface area (Å²) in [6.45, 7) is 3.67. The number of nitrogens with one attached hydrogen (secondary N) is 1. The third-order valence-corrected chi connectivity index (χ3v) is 4.47. The minimum atomic E-state index is -0.690. The van der Waals surface area contributed by atoms with Crippen molar-refractivity contribution in [1.29, 1.82) is 0 Å². The zero-order chi connectivity index (χ0) is 21.1. The maximum Gasteiger partial charge on any atom is 0.270 e. The van der Waals surface area contributed by atoms with E-state index in [4.69, 9.17) is 16.2 Å². The molecule has 0 saturated carbocycles. The second-order valence-corrected chi connectivity index (χ2v) is 6.82. The number of hydrogen-bond donors (Lipinski definition) is 3. The van der Waals surface area contributed by atoms with Crippen LogP contribution >= 0.6 is 0 Å². The number of benzene rings is 1. The van der Waals surface area contributed by atoms with Crippen LogP contribution in [0.15, 0.2) is 30.5 Å². The fraction of sp³-hybridized carbons (Fsp3) is 0.300. The highest BCUT2D eigenvalue weighted by molar-refractivity contribution is 5.95. The lowest BCUT2D eigenvalue weighted by atomic mass is 10.2. The van der Waals surface area contributed by atoms with Crippen LogP contribution < -0.4 is 21.5 Å². The van der Waals surface area contributed by atoms with Crippen molar-refractivity contribution >= 4 is 11.6 Å². The largest absolute Gasteiger partial charge is 0.485 e. The maximum atomic E-state index is 13.9. The van der Waals surface area contributed by atoms with Crippen molar-refractivity contribution in [3.8, 4) is 5.75 Å². The molecular formula is C20H23F2N5O2. The zero-order valence-electron chi connectivity index (χ0n) is 16.2. The summed E-state index contributed by atoms with van der Waals surface area (Å²) < 4.78 is 35.1. The number of nitrogens with zero attached hydrogens (tertiary/aromatic N) is 2. The predicted molar refractivity (Wildman–Crippen MR) is 105 cm³/mol. The van der Waals surface area contributed by atoms with Crippen LogP contribution in [-0.4, -0.2) is 34.4 Å². The third kappa shape index (κ3) is 4.36. The SMILES string of the molecule is Cc1cc(OCc2c(F)cccc2F)c2nc(C)c(C(=O)NCC(N)CN)n2c1. The molecule has 0 aliphatic rings. The summed E-state index contributed by atoms with van der Waals surface area (Å²) in [6.07, 6.45) is 1.74. The highest BCUT2D eigenvalue weighted by atomic mass is 19.1. The highest BCUT2D eigenvalue weighted by Crippen LogP contribution is 2.26. The van der Waals surface area contributed by atoms with Gasteiger partial charge >= 0.3 is 0 Å². The molecule has 1 aromatic carbocycles. The monoisotopic (exact) mass is 403 g/mol. The van der Waals surface area contributed by atoms with Gasteiger partial charge in [0.2, 0.25) is 0 Å². The Morgan fingerprint density at radius 1 is 1.31 bits per heavy atom. The van der Waals surface area contributed by atoms with Gasteiger partial charge in [0.15, 0.2) is 11.4 Å². The van der Waals surface area contributed by atoms with E-state index in [0.29, 0.717) is 22.8 Å². The molecule has 0 fully saturated rings. The smallest absolute Gasteiger partial charge is 0.270 e. The lowest BCUT2D eigenvalue weighted by Crippen LogP contribution is -2.42. The first kappa shape index (κ1) is 20.7. The van der Waals surface area contributed by atoms with Gasteiger partial charge in [-0.05, 0) is 37.6 Å². The van der Waals surface area contributed by atoms with Gasteiger partial charge in [0.1, 0.15) is 23.9 Å². The van der Waals surface area contributed by atoms with Gasteiger partial charge in [-0.3, -0.25) is 9.20 Å². The number of hydrogen-bond acceptors (Lipinski definition) is 5. The molecule has 1 atom stereocenters. The highest BCUT2D eigenvalue weighted by Gasteiger charge is 2.20. The number of halogens is 2. The fourth-order valence-electron chi connectivity index (χ4n) is 2.95. The molecule has 9 heteroatoms. The molecule has 1 amide bonds. The van der Waals surface area contributed by atoms with Crippen LogP contribution in [0, 0.1) is 25.5 Å². The maximum absolute atomic E-state index is 13.9. The van der Waals surface area contributed by atoms with Gasteiger partial charge in [-0.2, -0.15) is 0 Å². The molecule has 5 N–H and O–H groups in total. The van der Waals surface area contributed by atoms with Crippen LogP contribution in [0.2, 0.25) is 0 Å². The Labute approximate surface area is 166 Å². The molecule has 1 unspecified atom stereocenters. The number of amides is 1. The van der Waals surface area contributed by atoms with Crippen molar-refractivity contribution < 1.29 is 18.3 Å². The topological polar surface area (TPSA) is 108 Å². The first-order valence-electron chi connectivity index (χ1n) is 9.10. The van der Waals surface area contributed by atoms with Crippen molar-refractivity contribution in [2.45, 2.75) is 26.5 Å². The summed E-state index contributed by atoms with van der Waals surface area (Å²) in [7, 11) is 0. The van der Waals surface area contributed by atoms with E-state index in [1.54, 1.807) is 23.6 Å². The Kier molecular flexibility index (Phi) is 6.09. The van der Waals surface area contributed by atoms with E-state index >= 15 is 0 Å². The lowest BCUT2D eigenvalue weighted by molar-refractivity contribution is 0.0945. The third-order valence-electron chi connectivity index (χ3n) is 4.47. The first-order chi connectivity index (χ1) is 13.8. The molecule has 0 aliphatic heterocycles. The van der Waals surface area contributed by atoms with E-state index in [1.165, 1.54) is 18.2 Å². The Morgan fingerprint density at radius 3 is 2.66 bits per heavy atom. The molecule has 0 radical (unpaired) electrons. The molecular weight excluding hydrogens is 380 g/mol. The molecule has 154 valence electrons. The van der Waals surface area contributed by atoms with Crippen molar-refractivity contribution in [2.24, 2.45) is 11.5 Å². The number of aryl methyl sites for hydroxylation is 2. The van der Waals surface area contributed by atoms with Crippen LogP contribution in [-0.2, 0) is 6.61 Å². The van der Waals surface area contributed by atoms with Gasteiger partial charge in [-0.15, -0.1) is 0 Å². The van der Waals surface area contributed by atoms with Crippen molar-refractivity contribution in [3.05, 3.63) is 64.6 Å². The van der Waals surface area contributed by atoms with Gasteiger partial charge in [0.05, 0.1) is 11.3 Å². The number of imidazole rings is 1. The Hall–Kier alpha value is -3.04. The van der Waals surface area contributed by atoms with Crippen molar-refractivity contribution in [2.75, 3.05) is 13.1 Å². The number of rotatable bonds is 7. The van der Waals surface area contributed by atoms with Crippen LogP contribution in [0.1, 0.15) is 27.3 Å². The van der Waals surface area contributed by atoms with Gasteiger partial charge < -0.3 is 21.5 Å². The Bertz CT molecular complexity index is 1030. The minimum Gasteiger partial charge on any atom is -0.485 e. The molecule has 2 aromatic heterocycles. The van der Waals surface area contributed by atoms with E-state index in [0.717, 1.165) is 5.56 Å². The lowest BCUT2D eigenvalue weighted by Gasteiger charge is -2.12. The van der Waals surface area contributed by atoms with E-state index < -0.39 is 11.6 Å². The summed E-state index contributed by atoms with van der Waals surface area (Å²) in [4.78, 5) is 17.1. The van der Waals surface area contributed by atoms with Gasteiger partial charge in [-0.1, -0.05) is 6.07 Å². The summed E-state index contributed by atoms with van der Waals surface area (Å²) in [5.41, 5.74) is 13.0. The standard InChI is InChI=1S/C20H23F2N5O2/c1-11-6-17(29-10-14-15(21)4-3-5-16(14)22)19-26-12(2)18(27(19)9-11)20(28)25-8-13(24)7-23/h3-6,9,13H,7-8,10,23-24H2,1-2H3,(H,25,28). The second-order valence-electron chi connectivity index (χ2n) is 6.82. The molecule has 7 nitrogen and oxygen atoms in total. The van der Waals surface area contributed by atoms with Crippen molar-refractivity contribution in [3.63, 3.8) is 0 Å².